The number of fused-ring (bicyclic) bond motifs is 1. The normalized spacial score (nSPS) is 15.7. The molecule has 0 radical (unpaired) electrons. The average Bonchev–Trinajstić information content (AvgIpc) is 3.14. The predicted molar refractivity (Wildman–Crippen MR) is 79.9 cm³/mol. The van der Waals surface area contributed by atoms with Crippen LogP contribution < -0.4 is 5.32 Å². The number of aromatic nitrogens is 5. The Labute approximate surface area is 126 Å². The maximum Gasteiger partial charge on any atom is 0.230 e. The zero-order valence-electron chi connectivity index (χ0n) is 11.9. The number of thioether (sulfide) groups is 1. The number of rotatable bonds is 5. The monoisotopic (exact) mass is 306 g/mol. The minimum absolute atomic E-state index is 0.0570. The molecule has 21 heavy (non-hydrogen) atoms. The molecule has 1 N–H and O–H groups in total. The van der Waals surface area contributed by atoms with E-state index in [1.165, 1.54) is 30.9 Å². The van der Waals surface area contributed by atoms with Crippen molar-refractivity contribution >= 4 is 28.8 Å². The summed E-state index contributed by atoms with van der Waals surface area (Å²) >= 11 is 1.39. The van der Waals surface area contributed by atoms with E-state index < -0.39 is 0 Å². The van der Waals surface area contributed by atoms with Crippen LogP contribution in [-0.2, 0) is 11.3 Å². The summed E-state index contributed by atoms with van der Waals surface area (Å²) in [7, 11) is 0. The van der Waals surface area contributed by atoms with Crippen molar-refractivity contribution in [2.24, 2.45) is 0 Å². The van der Waals surface area contributed by atoms with Crippen molar-refractivity contribution < 1.29 is 4.79 Å². The largest absolute Gasteiger partial charge is 0.353 e. The zero-order chi connectivity index (χ0) is 14.7. The third-order valence-electron chi connectivity index (χ3n) is 3.63. The summed E-state index contributed by atoms with van der Waals surface area (Å²) in [4.78, 5) is 20.4. The van der Waals surface area contributed by atoms with Gasteiger partial charge < -0.3 is 5.32 Å². The van der Waals surface area contributed by atoms with Crippen LogP contribution in [-0.4, -0.2) is 42.7 Å². The second kappa shape index (κ2) is 6.38. The summed E-state index contributed by atoms with van der Waals surface area (Å²) in [5, 5.41) is 11.9. The number of amides is 1. The third kappa shape index (κ3) is 3.15. The van der Waals surface area contributed by atoms with Gasteiger partial charge in [-0.05, 0) is 19.8 Å². The topological polar surface area (TPSA) is 85.6 Å². The highest BCUT2D eigenvalue weighted by Gasteiger charge is 2.18. The number of aryl methyl sites for hydroxylation is 1. The summed E-state index contributed by atoms with van der Waals surface area (Å²) in [6.45, 7) is 2.69. The molecular formula is C13H18N6OS. The lowest BCUT2D eigenvalue weighted by Gasteiger charge is -2.11. The van der Waals surface area contributed by atoms with Gasteiger partial charge in [0.25, 0.3) is 0 Å². The van der Waals surface area contributed by atoms with Gasteiger partial charge in [0, 0.05) is 12.6 Å². The molecule has 3 rings (SSSR count). The van der Waals surface area contributed by atoms with Gasteiger partial charge in [0.1, 0.15) is 11.4 Å². The second-order valence-corrected chi connectivity index (χ2v) is 6.06. The molecule has 8 heteroatoms. The highest BCUT2D eigenvalue weighted by molar-refractivity contribution is 8.00. The minimum Gasteiger partial charge on any atom is -0.353 e. The van der Waals surface area contributed by atoms with Crippen molar-refractivity contribution in [1.82, 2.24) is 30.3 Å². The molecule has 0 spiro atoms. The van der Waals surface area contributed by atoms with E-state index in [1.807, 2.05) is 6.92 Å². The average molecular weight is 306 g/mol. The first-order valence-electron chi connectivity index (χ1n) is 7.24. The Bertz CT molecular complexity index is 637. The first kappa shape index (κ1) is 14.2. The van der Waals surface area contributed by atoms with Crippen LogP contribution in [0.3, 0.4) is 0 Å². The molecule has 7 nitrogen and oxygen atoms in total. The van der Waals surface area contributed by atoms with Crippen LogP contribution in [0, 0.1) is 0 Å². The van der Waals surface area contributed by atoms with Crippen LogP contribution in [0.15, 0.2) is 11.4 Å². The van der Waals surface area contributed by atoms with Crippen LogP contribution in [0.25, 0.3) is 11.2 Å². The van der Waals surface area contributed by atoms with Gasteiger partial charge in [-0.15, -0.1) is 5.10 Å². The van der Waals surface area contributed by atoms with Crippen LogP contribution in [0.4, 0.5) is 0 Å². The number of carbonyl (C=O) groups excluding carboxylic acids is 1. The molecule has 2 aromatic heterocycles. The summed E-state index contributed by atoms with van der Waals surface area (Å²) in [6, 6.07) is 0.351. The zero-order valence-corrected chi connectivity index (χ0v) is 12.8. The van der Waals surface area contributed by atoms with Gasteiger partial charge in [0.05, 0.1) is 5.75 Å². The van der Waals surface area contributed by atoms with E-state index in [0.29, 0.717) is 34.5 Å². The van der Waals surface area contributed by atoms with E-state index in [2.05, 4.69) is 25.6 Å². The molecule has 1 aliphatic rings. The number of nitrogens with zero attached hydrogens (tertiary/aromatic N) is 5. The fourth-order valence-corrected chi connectivity index (χ4v) is 3.31. The molecule has 0 unspecified atom stereocenters. The fourth-order valence-electron chi connectivity index (χ4n) is 2.56. The highest BCUT2D eigenvalue weighted by Crippen LogP contribution is 2.23. The molecule has 0 atom stereocenters. The number of carbonyl (C=O) groups is 1. The van der Waals surface area contributed by atoms with E-state index in [0.717, 1.165) is 12.8 Å². The van der Waals surface area contributed by atoms with Crippen LogP contribution in [0.2, 0.25) is 0 Å². The van der Waals surface area contributed by atoms with Gasteiger partial charge in [-0.2, -0.15) is 0 Å². The van der Waals surface area contributed by atoms with Gasteiger partial charge in [0.2, 0.25) is 5.91 Å². The Kier molecular flexibility index (Phi) is 4.33. The maximum atomic E-state index is 12.0. The maximum absolute atomic E-state index is 12.0. The summed E-state index contributed by atoms with van der Waals surface area (Å²) in [6.07, 6.45) is 6.11. The first-order valence-corrected chi connectivity index (χ1v) is 8.23. The summed E-state index contributed by atoms with van der Waals surface area (Å²) in [5.41, 5.74) is 1.38. The van der Waals surface area contributed by atoms with Crippen molar-refractivity contribution in [2.75, 3.05) is 5.75 Å². The molecule has 2 heterocycles. The molecular weight excluding hydrogens is 288 g/mol. The van der Waals surface area contributed by atoms with Gasteiger partial charge in [-0.25, -0.2) is 14.6 Å². The van der Waals surface area contributed by atoms with E-state index in [9.17, 15) is 4.79 Å². The first-order chi connectivity index (χ1) is 10.3. The molecule has 1 amide bonds. The number of hydrogen-bond donors (Lipinski definition) is 1. The van der Waals surface area contributed by atoms with Crippen LogP contribution in [0.1, 0.15) is 32.6 Å². The molecule has 2 aromatic rings. The van der Waals surface area contributed by atoms with E-state index >= 15 is 0 Å². The van der Waals surface area contributed by atoms with E-state index in [4.69, 9.17) is 0 Å². The van der Waals surface area contributed by atoms with E-state index in [1.54, 1.807) is 4.68 Å². The Morgan fingerprint density at radius 3 is 3.00 bits per heavy atom. The number of nitrogens with one attached hydrogen (secondary N) is 1. The van der Waals surface area contributed by atoms with Crippen molar-refractivity contribution in [1.29, 1.82) is 0 Å². The number of hydrogen-bond acceptors (Lipinski definition) is 6. The molecule has 112 valence electrons. The Morgan fingerprint density at radius 1 is 1.43 bits per heavy atom. The van der Waals surface area contributed by atoms with Crippen molar-refractivity contribution in [2.45, 2.75) is 50.2 Å². The summed E-state index contributed by atoms with van der Waals surface area (Å²) < 4.78 is 1.72. The van der Waals surface area contributed by atoms with Gasteiger partial charge in [-0.1, -0.05) is 29.8 Å². The van der Waals surface area contributed by atoms with Crippen molar-refractivity contribution in [3.8, 4) is 0 Å². The van der Waals surface area contributed by atoms with Crippen LogP contribution >= 0.6 is 11.8 Å². The van der Waals surface area contributed by atoms with Crippen molar-refractivity contribution in [3.63, 3.8) is 0 Å². The predicted octanol–water partition coefficient (Wildman–Crippen LogP) is 1.39. The Morgan fingerprint density at radius 2 is 2.24 bits per heavy atom. The summed E-state index contributed by atoms with van der Waals surface area (Å²) in [5.74, 6) is 0.406. The molecule has 0 aliphatic heterocycles. The third-order valence-corrected chi connectivity index (χ3v) is 4.61. The smallest absolute Gasteiger partial charge is 0.230 e. The van der Waals surface area contributed by atoms with E-state index in [-0.39, 0.29) is 5.91 Å². The lowest BCUT2D eigenvalue weighted by molar-refractivity contribution is -0.119. The van der Waals surface area contributed by atoms with Gasteiger partial charge in [0.15, 0.2) is 11.2 Å². The standard InChI is InChI=1S/C13H18N6OS/c1-2-19-12-11(17-18-19)13(15-8-14-12)21-7-10(20)16-9-5-3-4-6-9/h8-9H,2-7H2,1H3,(H,16,20). The van der Waals surface area contributed by atoms with Crippen LogP contribution in [0.5, 0.6) is 0 Å². The minimum atomic E-state index is 0.0570. The molecule has 1 aliphatic carbocycles. The quantitative estimate of drug-likeness (QED) is 0.663. The fraction of sp³-hybridized carbons (Fsp3) is 0.615. The highest BCUT2D eigenvalue weighted by atomic mass is 32.2. The molecule has 0 bridgehead atoms. The Hall–Kier alpha value is -1.70. The molecule has 0 saturated heterocycles. The SMILES string of the molecule is CCn1nnc2c(SCC(=O)NC3CCCC3)ncnc21. The second-order valence-electron chi connectivity index (χ2n) is 5.09. The molecule has 0 aromatic carbocycles. The Balaban J connectivity index is 1.64. The van der Waals surface area contributed by atoms with Crippen molar-refractivity contribution in [3.05, 3.63) is 6.33 Å². The lowest BCUT2D eigenvalue weighted by atomic mass is 10.2. The lowest BCUT2D eigenvalue weighted by Crippen LogP contribution is -2.33. The van der Waals surface area contributed by atoms with Gasteiger partial charge in [-0.3, -0.25) is 4.79 Å². The molecule has 1 fully saturated rings. The molecule has 1 saturated carbocycles. The van der Waals surface area contributed by atoms with Gasteiger partial charge >= 0.3 is 0 Å².